The van der Waals surface area contributed by atoms with E-state index in [1.54, 1.807) is 0 Å². The van der Waals surface area contributed by atoms with Crippen LogP contribution in [0.5, 0.6) is 6.01 Å². The molecule has 2 rings (SSSR count). The summed E-state index contributed by atoms with van der Waals surface area (Å²) in [5, 5.41) is 6.78. The van der Waals surface area contributed by atoms with Gasteiger partial charge < -0.3 is 15.4 Å². The number of rotatable bonds is 6. The van der Waals surface area contributed by atoms with Gasteiger partial charge in [0.25, 0.3) is 0 Å². The number of anilines is 3. The third-order valence-electron chi connectivity index (χ3n) is 2.68. The molecule has 21 heavy (non-hydrogen) atoms. The van der Waals surface area contributed by atoms with Crippen LogP contribution in [0.4, 0.5) is 17.6 Å². The van der Waals surface area contributed by atoms with Gasteiger partial charge in [-0.25, -0.2) is 0 Å². The molecule has 1 aromatic carbocycles. The van der Waals surface area contributed by atoms with Gasteiger partial charge in [-0.1, -0.05) is 23.7 Å². The fourth-order valence-corrected chi connectivity index (χ4v) is 2.01. The summed E-state index contributed by atoms with van der Waals surface area (Å²) in [7, 11) is 0. The minimum atomic E-state index is 0.274. The number of hydrogen-bond acceptors (Lipinski definition) is 6. The Bertz CT molecular complexity index is 576. The molecule has 0 saturated carbocycles. The number of nitrogens with one attached hydrogen (secondary N) is 2. The highest BCUT2D eigenvalue weighted by Crippen LogP contribution is 2.28. The average Bonchev–Trinajstić information content (AvgIpc) is 2.44. The predicted octanol–water partition coefficient (Wildman–Crippen LogP) is 3.41. The first-order valence-electron chi connectivity index (χ1n) is 6.79. The van der Waals surface area contributed by atoms with E-state index in [1.165, 1.54) is 0 Å². The smallest absolute Gasteiger partial charge is 0.323 e. The minimum absolute atomic E-state index is 0.274. The van der Waals surface area contributed by atoms with Gasteiger partial charge >= 0.3 is 6.01 Å². The van der Waals surface area contributed by atoms with Crippen LogP contribution < -0.4 is 15.4 Å². The molecule has 0 aliphatic rings. The molecule has 1 aromatic heterocycles. The molecule has 2 N–H and O–H groups in total. The first-order valence-corrected chi connectivity index (χ1v) is 7.16. The van der Waals surface area contributed by atoms with Gasteiger partial charge in [-0.05, 0) is 32.4 Å². The topological polar surface area (TPSA) is 72.0 Å². The summed E-state index contributed by atoms with van der Waals surface area (Å²) in [6, 6.07) is 5.94. The van der Waals surface area contributed by atoms with Crippen molar-refractivity contribution >= 4 is 29.2 Å². The molecule has 0 bridgehead atoms. The highest BCUT2D eigenvalue weighted by Gasteiger charge is 2.10. The maximum Gasteiger partial charge on any atom is 0.323 e. The van der Waals surface area contributed by atoms with E-state index in [0.717, 1.165) is 11.3 Å². The van der Waals surface area contributed by atoms with Gasteiger partial charge in [0.15, 0.2) is 0 Å². The van der Waals surface area contributed by atoms with Crippen LogP contribution in [0.3, 0.4) is 0 Å². The molecule has 6 nitrogen and oxygen atoms in total. The molecule has 1 heterocycles. The van der Waals surface area contributed by atoms with Gasteiger partial charge in [-0.2, -0.15) is 15.0 Å². The number of aromatic nitrogens is 3. The molecule has 0 amide bonds. The van der Waals surface area contributed by atoms with Crippen molar-refractivity contribution in [3.8, 4) is 6.01 Å². The van der Waals surface area contributed by atoms with Crippen LogP contribution in [0.25, 0.3) is 0 Å². The molecule has 0 saturated heterocycles. The van der Waals surface area contributed by atoms with E-state index in [0.29, 0.717) is 30.1 Å². The van der Waals surface area contributed by atoms with Crippen molar-refractivity contribution < 1.29 is 4.74 Å². The summed E-state index contributed by atoms with van der Waals surface area (Å²) in [6.45, 7) is 7.00. The zero-order chi connectivity index (χ0) is 15.2. The molecule has 0 aliphatic carbocycles. The van der Waals surface area contributed by atoms with Crippen molar-refractivity contribution in [3.63, 3.8) is 0 Å². The quantitative estimate of drug-likeness (QED) is 0.852. The summed E-state index contributed by atoms with van der Waals surface area (Å²) in [4.78, 5) is 12.7. The lowest BCUT2D eigenvalue weighted by atomic mass is 10.2. The zero-order valence-electron chi connectivity index (χ0n) is 12.3. The average molecular weight is 308 g/mol. The fraction of sp³-hybridized carbons (Fsp3) is 0.357. The van der Waals surface area contributed by atoms with Crippen molar-refractivity contribution in [2.45, 2.75) is 20.8 Å². The SMILES string of the molecule is CCNc1nc(Nc2c(C)cccc2Cl)nc(OCC)n1. The normalized spacial score (nSPS) is 10.3. The number of hydrogen-bond donors (Lipinski definition) is 2. The van der Waals surface area contributed by atoms with Crippen LogP contribution in [0.15, 0.2) is 18.2 Å². The zero-order valence-corrected chi connectivity index (χ0v) is 13.0. The third-order valence-corrected chi connectivity index (χ3v) is 3.00. The maximum absolute atomic E-state index is 6.20. The van der Waals surface area contributed by atoms with Crippen molar-refractivity contribution in [3.05, 3.63) is 28.8 Å². The van der Waals surface area contributed by atoms with Gasteiger partial charge in [0.05, 0.1) is 17.3 Å². The highest BCUT2D eigenvalue weighted by atomic mass is 35.5. The van der Waals surface area contributed by atoms with E-state index in [-0.39, 0.29) is 6.01 Å². The fourth-order valence-electron chi connectivity index (χ4n) is 1.75. The Hall–Kier alpha value is -2.08. The predicted molar refractivity (Wildman–Crippen MR) is 84.6 cm³/mol. The van der Waals surface area contributed by atoms with Crippen molar-refractivity contribution in [2.75, 3.05) is 23.8 Å². The van der Waals surface area contributed by atoms with E-state index in [2.05, 4.69) is 25.6 Å². The molecule has 2 aromatic rings. The van der Waals surface area contributed by atoms with Gasteiger partial charge in [0.2, 0.25) is 11.9 Å². The Morgan fingerprint density at radius 1 is 1.14 bits per heavy atom. The Labute approximate surface area is 128 Å². The van der Waals surface area contributed by atoms with E-state index in [4.69, 9.17) is 16.3 Å². The van der Waals surface area contributed by atoms with Crippen molar-refractivity contribution in [1.82, 2.24) is 15.0 Å². The number of aryl methyl sites for hydroxylation is 1. The molecular weight excluding hydrogens is 290 g/mol. The van der Waals surface area contributed by atoms with Gasteiger partial charge in [0.1, 0.15) is 0 Å². The molecule has 0 spiro atoms. The van der Waals surface area contributed by atoms with Gasteiger partial charge in [-0.3, -0.25) is 0 Å². The van der Waals surface area contributed by atoms with Crippen LogP contribution in [0.1, 0.15) is 19.4 Å². The third kappa shape index (κ3) is 3.95. The van der Waals surface area contributed by atoms with Gasteiger partial charge in [-0.15, -0.1) is 0 Å². The first-order chi connectivity index (χ1) is 10.1. The lowest BCUT2D eigenvalue weighted by Crippen LogP contribution is -2.09. The molecule has 0 unspecified atom stereocenters. The number of halogens is 1. The Kier molecular flexibility index (Phi) is 5.16. The second-order valence-electron chi connectivity index (χ2n) is 4.29. The lowest BCUT2D eigenvalue weighted by Gasteiger charge is -2.12. The first kappa shape index (κ1) is 15.3. The van der Waals surface area contributed by atoms with Crippen LogP contribution in [-0.4, -0.2) is 28.1 Å². The molecule has 0 aliphatic heterocycles. The van der Waals surface area contributed by atoms with E-state index >= 15 is 0 Å². The molecule has 0 radical (unpaired) electrons. The van der Waals surface area contributed by atoms with E-state index in [1.807, 2.05) is 39.0 Å². The van der Waals surface area contributed by atoms with Crippen molar-refractivity contribution in [2.24, 2.45) is 0 Å². The van der Waals surface area contributed by atoms with Gasteiger partial charge in [0, 0.05) is 6.54 Å². The molecule has 0 atom stereocenters. The molecule has 7 heteroatoms. The Morgan fingerprint density at radius 2 is 1.90 bits per heavy atom. The van der Waals surface area contributed by atoms with Crippen molar-refractivity contribution in [1.29, 1.82) is 0 Å². The second kappa shape index (κ2) is 7.08. The number of benzene rings is 1. The summed E-state index contributed by atoms with van der Waals surface area (Å²) in [5.74, 6) is 0.851. The highest BCUT2D eigenvalue weighted by molar-refractivity contribution is 6.33. The summed E-state index contributed by atoms with van der Waals surface area (Å²) in [6.07, 6.45) is 0. The Morgan fingerprint density at radius 3 is 2.57 bits per heavy atom. The van der Waals surface area contributed by atoms with Crippen LogP contribution in [0, 0.1) is 6.92 Å². The lowest BCUT2D eigenvalue weighted by molar-refractivity contribution is 0.312. The largest absolute Gasteiger partial charge is 0.464 e. The summed E-state index contributed by atoms with van der Waals surface area (Å²) >= 11 is 6.20. The summed E-state index contributed by atoms with van der Waals surface area (Å²) in [5.41, 5.74) is 1.78. The second-order valence-corrected chi connectivity index (χ2v) is 4.69. The maximum atomic E-state index is 6.20. The standard InChI is InChI=1S/C14H18ClN5O/c1-4-16-12-18-13(20-14(19-12)21-5-2)17-11-9(3)7-6-8-10(11)15/h6-8H,4-5H2,1-3H3,(H2,16,17,18,19,20). The monoisotopic (exact) mass is 307 g/mol. The Balaban J connectivity index is 2.34. The number of para-hydroxylation sites is 1. The van der Waals surface area contributed by atoms with Crippen LogP contribution >= 0.6 is 11.6 Å². The minimum Gasteiger partial charge on any atom is -0.464 e. The number of ether oxygens (including phenoxy) is 1. The van der Waals surface area contributed by atoms with Crippen LogP contribution in [0.2, 0.25) is 5.02 Å². The molecular formula is C14H18ClN5O. The molecule has 112 valence electrons. The summed E-state index contributed by atoms with van der Waals surface area (Å²) < 4.78 is 5.36. The molecule has 0 fully saturated rings. The van der Waals surface area contributed by atoms with E-state index in [9.17, 15) is 0 Å². The van der Waals surface area contributed by atoms with Crippen LogP contribution in [-0.2, 0) is 0 Å². The van der Waals surface area contributed by atoms with E-state index < -0.39 is 0 Å². The number of nitrogens with zero attached hydrogens (tertiary/aromatic N) is 3.